The maximum absolute atomic E-state index is 12.6. The molecule has 0 radical (unpaired) electrons. The number of ether oxygens (including phenoxy) is 1. The van der Waals surface area contributed by atoms with Gasteiger partial charge in [-0.2, -0.15) is 0 Å². The van der Waals surface area contributed by atoms with Crippen LogP contribution in [0.25, 0.3) is 6.08 Å². The Morgan fingerprint density at radius 2 is 1.81 bits per heavy atom. The van der Waals surface area contributed by atoms with E-state index in [2.05, 4.69) is 22.0 Å². The van der Waals surface area contributed by atoms with Crippen molar-refractivity contribution in [2.24, 2.45) is 4.99 Å². The fourth-order valence-corrected chi connectivity index (χ4v) is 3.27. The fraction of sp³-hybridized carbons (Fsp3) is 0.476. The van der Waals surface area contributed by atoms with Crippen molar-refractivity contribution in [3.8, 4) is 0 Å². The van der Waals surface area contributed by atoms with E-state index in [0.29, 0.717) is 11.5 Å². The van der Waals surface area contributed by atoms with Gasteiger partial charge in [-0.05, 0) is 64.3 Å². The molecule has 1 fully saturated rings. The predicted molar refractivity (Wildman–Crippen MR) is 107 cm³/mol. The van der Waals surface area contributed by atoms with E-state index in [9.17, 15) is 9.59 Å². The predicted octanol–water partition coefficient (Wildman–Crippen LogP) is 3.23. The van der Waals surface area contributed by atoms with Gasteiger partial charge in [0.2, 0.25) is 0 Å². The number of hydrogen-bond donors (Lipinski definition) is 0. The Kier molecular flexibility index (Phi) is 5.35. The molecule has 6 heteroatoms. The van der Waals surface area contributed by atoms with E-state index in [-0.39, 0.29) is 12.5 Å². The summed E-state index contributed by atoms with van der Waals surface area (Å²) in [6.07, 6.45) is 4.23. The molecule has 144 valence electrons. The quantitative estimate of drug-likeness (QED) is 0.604. The largest absolute Gasteiger partial charge is 0.459 e. The third kappa shape index (κ3) is 4.76. The number of amides is 1. The highest BCUT2D eigenvalue weighted by atomic mass is 16.6. The molecule has 0 unspecified atom stereocenters. The van der Waals surface area contributed by atoms with Crippen molar-refractivity contribution < 1.29 is 14.3 Å². The zero-order valence-electron chi connectivity index (χ0n) is 16.5. The molecule has 0 N–H and O–H groups in total. The molecule has 0 bridgehead atoms. The van der Waals surface area contributed by atoms with Crippen LogP contribution < -0.4 is 4.90 Å². The van der Waals surface area contributed by atoms with Crippen LogP contribution in [0.1, 0.15) is 46.1 Å². The number of rotatable bonds is 4. The molecule has 1 aromatic rings. The maximum Gasteiger partial charge on any atom is 0.326 e. The molecule has 1 amide bonds. The van der Waals surface area contributed by atoms with Crippen LogP contribution >= 0.6 is 0 Å². The number of esters is 1. The molecule has 2 aliphatic rings. The summed E-state index contributed by atoms with van der Waals surface area (Å²) < 4.78 is 5.30. The molecule has 2 heterocycles. The summed E-state index contributed by atoms with van der Waals surface area (Å²) in [4.78, 5) is 32.7. The highest BCUT2D eigenvalue weighted by Crippen LogP contribution is 2.23. The molecule has 2 aliphatic heterocycles. The van der Waals surface area contributed by atoms with Crippen LogP contribution in [0.15, 0.2) is 35.0 Å². The number of anilines is 1. The summed E-state index contributed by atoms with van der Waals surface area (Å²) in [5.74, 6) is -0.214. The van der Waals surface area contributed by atoms with Gasteiger partial charge in [-0.1, -0.05) is 12.1 Å². The Hall–Kier alpha value is -2.63. The number of carbonyl (C=O) groups is 2. The van der Waals surface area contributed by atoms with Crippen LogP contribution in [0.3, 0.4) is 0 Å². The molecule has 0 saturated carbocycles. The third-order valence-electron chi connectivity index (χ3n) is 4.51. The zero-order valence-corrected chi connectivity index (χ0v) is 16.5. The summed E-state index contributed by atoms with van der Waals surface area (Å²) in [5.41, 5.74) is 1.88. The Morgan fingerprint density at radius 3 is 2.41 bits per heavy atom. The van der Waals surface area contributed by atoms with Crippen molar-refractivity contribution in [2.45, 2.75) is 46.1 Å². The first-order chi connectivity index (χ1) is 12.7. The number of nitrogens with zero attached hydrogens (tertiary/aromatic N) is 3. The molecule has 0 atom stereocenters. The van der Waals surface area contributed by atoms with Crippen molar-refractivity contribution >= 4 is 29.5 Å². The standard InChI is InChI=1S/C21H27N3O3/c1-15-22-18(20(26)24(15)14-19(25)27-21(2,3)4)13-16-7-9-17(10-8-16)23-11-5-6-12-23/h7-10,13H,5-6,11-12,14H2,1-4H3/b18-13-. The number of carbonyl (C=O) groups excluding carboxylic acids is 2. The Balaban J connectivity index is 1.68. The monoisotopic (exact) mass is 369 g/mol. The molecule has 0 aliphatic carbocycles. The highest BCUT2D eigenvalue weighted by Gasteiger charge is 2.30. The highest BCUT2D eigenvalue weighted by molar-refractivity contribution is 6.14. The minimum atomic E-state index is -0.583. The summed E-state index contributed by atoms with van der Waals surface area (Å²) >= 11 is 0. The maximum atomic E-state index is 12.6. The Labute approximate surface area is 160 Å². The fourth-order valence-electron chi connectivity index (χ4n) is 3.27. The second-order valence-corrected chi connectivity index (χ2v) is 7.95. The van der Waals surface area contributed by atoms with Crippen molar-refractivity contribution in [1.82, 2.24) is 4.90 Å². The van der Waals surface area contributed by atoms with Crippen LogP contribution in [0, 0.1) is 0 Å². The molecule has 0 aromatic heterocycles. The lowest BCUT2D eigenvalue weighted by atomic mass is 10.1. The average molecular weight is 369 g/mol. The zero-order chi connectivity index (χ0) is 19.6. The minimum Gasteiger partial charge on any atom is -0.459 e. The Bertz CT molecular complexity index is 782. The SMILES string of the molecule is CC1=N/C(=C\c2ccc(N3CCCC3)cc2)C(=O)N1CC(=O)OC(C)(C)C. The molecule has 0 spiro atoms. The van der Waals surface area contributed by atoms with Crippen LogP contribution in [0.4, 0.5) is 5.69 Å². The van der Waals surface area contributed by atoms with Crippen LogP contribution in [0.2, 0.25) is 0 Å². The van der Waals surface area contributed by atoms with Crippen LogP contribution in [-0.2, 0) is 14.3 Å². The first-order valence-electron chi connectivity index (χ1n) is 9.39. The van der Waals surface area contributed by atoms with E-state index in [0.717, 1.165) is 18.7 Å². The number of amidine groups is 1. The third-order valence-corrected chi connectivity index (χ3v) is 4.51. The van der Waals surface area contributed by atoms with E-state index in [4.69, 9.17) is 4.74 Å². The van der Waals surface area contributed by atoms with Crippen LogP contribution in [-0.4, -0.2) is 47.8 Å². The first kappa shape index (κ1) is 19.1. The van der Waals surface area contributed by atoms with Gasteiger partial charge in [0.05, 0.1) is 0 Å². The van der Waals surface area contributed by atoms with Gasteiger partial charge in [0, 0.05) is 18.8 Å². The number of hydrogen-bond acceptors (Lipinski definition) is 5. The summed E-state index contributed by atoms with van der Waals surface area (Å²) in [5, 5.41) is 0. The lowest BCUT2D eigenvalue weighted by Gasteiger charge is -2.22. The number of benzene rings is 1. The van der Waals surface area contributed by atoms with Gasteiger partial charge in [-0.3, -0.25) is 14.5 Å². The molecule has 1 saturated heterocycles. The van der Waals surface area contributed by atoms with E-state index in [1.54, 1.807) is 33.8 Å². The molecular formula is C21H27N3O3. The summed E-state index contributed by atoms with van der Waals surface area (Å²) in [6.45, 7) is 9.19. The molecule has 27 heavy (non-hydrogen) atoms. The lowest BCUT2D eigenvalue weighted by Crippen LogP contribution is -2.38. The number of aliphatic imine (C=N–C) groups is 1. The van der Waals surface area contributed by atoms with Gasteiger partial charge in [0.1, 0.15) is 23.7 Å². The Morgan fingerprint density at radius 1 is 1.19 bits per heavy atom. The van der Waals surface area contributed by atoms with Gasteiger partial charge in [-0.15, -0.1) is 0 Å². The minimum absolute atomic E-state index is 0.128. The summed E-state index contributed by atoms with van der Waals surface area (Å²) in [6, 6.07) is 8.14. The smallest absolute Gasteiger partial charge is 0.326 e. The van der Waals surface area contributed by atoms with Gasteiger partial charge in [0.15, 0.2) is 0 Å². The van der Waals surface area contributed by atoms with E-state index >= 15 is 0 Å². The summed E-state index contributed by atoms with van der Waals surface area (Å²) in [7, 11) is 0. The van der Waals surface area contributed by atoms with Gasteiger partial charge in [0.25, 0.3) is 5.91 Å². The average Bonchev–Trinajstić information content (AvgIpc) is 3.19. The van der Waals surface area contributed by atoms with Crippen molar-refractivity contribution in [3.05, 3.63) is 35.5 Å². The van der Waals surface area contributed by atoms with Gasteiger partial charge in [-0.25, -0.2) is 4.99 Å². The van der Waals surface area contributed by atoms with Gasteiger partial charge >= 0.3 is 5.97 Å². The normalized spacial score (nSPS) is 19.0. The van der Waals surface area contributed by atoms with Crippen LogP contribution in [0.5, 0.6) is 0 Å². The molecule has 3 rings (SSSR count). The molecule has 1 aromatic carbocycles. The van der Waals surface area contributed by atoms with E-state index < -0.39 is 11.6 Å². The second kappa shape index (κ2) is 7.55. The molecule has 6 nitrogen and oxygen atoms in total. The van der Waals surface area contributed by atoms with Gasteiger partial charge < -0.3 is 9.64 Å². The lowest BCUT2D eigenvalue weighted by molar-refractivity contribution is -0.156. The van der Waals surface area contributed by atoms with Crippen molar-refractivity contribution in [2.75, 3.05) is 24.5 Å². The van der Waals surface area contributed by atoms with Crippen molar-refractivity contribution in [3.63, 3.8) is 0 Å². The second-order valence-electron chi connectivity index (χ2n) is 7.95. The molecular weight excluding hydrogens is 342 g/mol. The van der Waals surface area contributed by atoms with E-state index in [1.165, 1.54) is 23.4 Å². The first-order valence-corrected chi connectivity index (χ1v) is 9.39. The topological polar surface area (TPSA) is 62.2 Å². The van der Waals surface area contributed by atoms with Crippen molar-refractivity contribution in [1.29, 1.82) is 0 Å². The van der Waals surface area contributed by atoms with E-state index in [1.807, 2.05) is 12.1 Å².